The molecule has 4 aliphatic rings. The third-order valence-corrected chi connectivity index (χ3v) is 11.1. The zero-order chi connectivity index (χ0) is 27.8. The lowest BCUT2D eigenvalue weighted by Crippen LogP contribution is -2.54. The van der Waals surface area contributed by atoms with Gasteiger partial charge in [0.1, 0.15) is 17.9 Å². The molecule has 0 aliphatic heterocycles. The van der Waals surface area contributed by atoms with E-state index >= 15 is 0 Å². The van der Waals surface area contributed by atoms with Gasteiger partial charge >= 0.3 is 11.9 Å². The van der Waals surface area contributed by atoms with E-state index in [1.165, 1.54) is 6.42 Å². The van der Waals surface area contributed by atoms with Crippen LogP contribution in [-0.2, 0) is 30.3 Å². The maximum absolute atomic E-state index is 12.8. The molecule has 4 fully saturated rings. The van der Waals surface area contributed by atoms with E-state index in [4.69, 9.17) is 4.74 Å². The number of esters is 1. The normalized spacial score (nSPS) is 36.2. The van der Waals surface area contributed by atoms with Crippen molar-refractivity contribution in [3.05, 3.63) is 35.9 Å². The molecule has 4 saturated carbocycles. The zero-order valence-electron chi connectivity index (χ0n) is 23.3. The van der Waals surface area contributed by atoms with Gasteiger partial charge in [0, 0.05) is 31.1 Å². The number of aliphatic carboxylic acids is 1. The number of amides is 1. The van der Waals surface area contributed by atoms with E-state index in [-0.39, 0.29) is 42.2 Å². The van der Waals surface area contributed by atoms with Gasteiger partial charge in [-0.1, -0.05) is 44.2 Å². The van der Waals surface area contributed by atoms with Crippen molar-refractivity contribution in [3.63, 3.8) is 0 Å². The highest BCUT2D eigenvalue weighted by Crippen LogP contribution is 2.66. The van der Waals surface area contributed by atoms with Gasteiger partial charge in [-0.05, 0) is 79.6 Å². The van der Waals surface area contributed by atoms with E-state index in [2.05, 4.69) is 19.2 Å². The number of ether oxygens (including phenoxy) is 1. The Hall–Kier alpha value is -2.70. The quantitative estimate of drug-likeness (QED) is 0.447. The first-order valence-corrected chi connectivity index (χ1v) is 14.9. The van der Waals surface area contributed by atoms with Crippen LogP contribution < -0.4 is 5.32 Å². The fraction of sp³-hybridized carbons (Fsp3) is 0.688. The summed E-state index contributed by atoms with van der Waals surface area (Å²) in [6, 6.07) is 8.12. The van der Waals surface area contributed by atoms with Crippen molar-refractivity contribution < 1.29 is 29.0 Å². The lowest BCUT2D eigenvalue weighted by molar-refractivity contribution is -0.164. The molecule has 0 radical (unpaired) electrons. The number of Topliss-reactive ketones (excluding diaryl/α,β-unsaturated/α-hetero) is 1. The van der Waals surface area contributed by atoms with Gasteiger partial charge in [0.25, 0.3) is 0 Å². The van der Waals surface area contributed by atoms with Gasteiger partial charge in [-0.3, -0.25) is 14.4 Å². The molecule has 7 heteroatoms. The number of ketones is 1. The van der Waals surface area contributed by atoms with Gasteiger partial charge in [0.15, 0.2) is 0 Å². The molecule has 0 saturated heterocycles. The van der Waals surface area contributed by atoms with Crippen LogP contribution in [0.15, 0.2) is 30.3 Å². The third-order valence-electron chi connectivity index (χ3n) is 11.1. The molecule has 4 aliphatic carbocycles. The number of carboxylic acid groups (broad SMARTS) is 1. The second-order valence-corrected chi connectivity index (χ2v) is 13.1. The van der Waals surface area contributed by atoms with Crippen molar-refractivity contribution in [1.29, 1.82) is 0 Å². The van der Waals surface area contributed by atoms with Gasteiger partial charge in [0.05, 0.1) is 6.42 Å². The average molecular weight is 538 g/mol. The summed E-state index contributed by atoms with van der Waals surface area (Å²) in [6.45, 7) is 4.74. The summed E-state index contributed by atoms with van der Waals surface area (Å²) in [4.78, 5) is 49.2. The predicted octanol–water partition coefficient (Wildman–Crippen LogP) is 5.10. The molecule has 1 amide bonds. The maximum atomic E-state index is 12.8. The molecule has 0 unspecified atom stereocenters. The Balaban J connectivity index is 1.14. The number of rotatable bonds is 8. The van der Waals surface area contributed by atoms with Gasteiger partial charge in [-0.25, -0.2) is 4.79 Å². The number of carbonyl (C=O) groups is 4. The summed E-state index contributed by atoms with van der Waals surface area (Å²) in [5.41, 5.74) is 1.04. The summed E-state index contributed by atoms with van der Waals surface area (Å²) in [7, 11) is 0. The number of fused-ring (bicyclic) bond motifs is 5. The van der Waals surface area contributed by atoms with Crippen LogP contribution in [0.25, 0.3) is 0 Å². The molecule has 2 N–H and O–H groups in total. The Morgan fingerprint density at radius 3 is 2.46 bits per heavy atom. The molecular formula is C32H43NO6. The zero-order valence-corrected chi connectivity index (χ0v) is 23.3. The Labute approximate surface area is 231 Å². The molecule has 0 heterocycles. The minimum atomic E-state index is -1.10. The van der Waals surface area contributed by atoms with Crippen LogP contribution in [0.3, 0.4) is 0 Å². The van der Waals surface area contributed by atoms with Crippen LogP contribution in [0.1, 0.15) is 90.0 Å². The van der Waals surface area contributed by atoms with Crippen molar-refractivity contribution in [2.45, 2.75) is 103 Å². The minimum Gasteiger partial charge on any atom is -0.480 e. The fourth-order valence-corrected chi connectivity index (χ4v) is 8.94. The standard InChI is InChI=1S/C32H43NO6/c1-31-16-14-22(34)19-21(31)8-9-23-24-10-11-27(32(24,2)17-15-25(23)31)39-29(36)13-12-28(35)33-26(30(37)38)18-20-6-4-3-5-7-20/h3-7,21,23-27H,8-19H2,1-2H3,(H,33,35)(H,37,38)/t21-,23+,24+,25-,26-,27-,31-,32+/m0/s1. The molecule has 0 bridgehead atoms. The van der Waals surface area contributed by atoms with E-state index in [9.17, 15) is 24.3 Å². The number of nitrogens with one attached hydrogen (secondary N) is 1. The number of benzene rings is 1. The molecule has 212 valence electrons. The molecular weight excluding hydrogens is 494 g/mol. The van der Waals surface area contributed by atoms with Crippen molar-refractivity contribution in [3.8, 4) is 0 Å². The summed E-state index contributed by atoms with van der Waals surface area (Å²) in [5.74, 6) is 0.841. The number of hydrogen-bond donors (Lipinski definition) is 2. The van der Waals surface area contributed by atoms with E-state index in [1.54, 1.807) is 0 Å². The van der Waals surface area contributed by atoms with Crippen LogP contribution in [-0.4, -0.2) is 40.9 Å². The largest absolute Gasteiger partial charge is 0.480 e. The molecule has 0 spiro atoms. The number of carbonyl (C=O) groups excluding carboxylic acids is 3. The highest BCUT2D eigenvalue weighted by molar-refractivity contribution is 5.86. The van der Waals surface area contributed by atoms with E-state index < -0.39 is 17.9 Å². The van der Waals surface area contributed by atoms with Gasteiger partial charge < -0.3 is 15.2 Å². The maximum Gasteiger partial charge on any atom is 0.326 e. The lowest BCUT2D eigenvalue weighted by Gasteiger charge is -2.60. The first-order chi connectivity index (χ1) is 18.6. The summed E-state index contributed by atoms with van der Waals surface area (Å²) >= 11 is 0. The highest BCUT2D eigenvalue weighted by Gasteiger charge is 2.61. The fourth-order valence-electron chi connectivity index (χ4n) is 8.94. The van der Waals surface area contributed by atoms with Crippen molar-refractivity contribution >= 4 is 23.6 Å². The Morgan fingerprint density at radius 1 is 0.974 bits per heavy atom. The van der Waals surface area contributed by atoms with Crippen LogP contribution in [0.2, 0.25) is 0 Å². The van der Waals surface area contributed by atoms with Gasteiger partial charge in [-0.15, -0.1) is 0 Å². The Bertz CT molecular complexity index is 1100. The lowest BCUT2D eigenvalue weighted by atomic mass is 9.45. The van der Waals surface area contributed by atoms with Crippen LogP contribution in [0, 0.1) is 34.5 Å². The second kappa shape index (κ2) is 11.1. The summed E-state index contributed by atoms with van der Waals surface area (Å²) in [5, 5.41) is 12.1. The van der Waals surface area contributed by atoms with Crippen LogP contribution in [0.5, 0.6) is 0 Å². The predicted molar refractivity (Wildman–Crippen MR) is 146 cm³/mol. The SMILES string of the molecule is C[C@@]12CC[C@H]3[C@H](CC[C@H]4CC(=O)CC[C@@]43C)[C@H]1CC[C@@H]2OC(=O)CCC(=O)N[C@@H](Cc1ccccc1)C(=O)O. The molecule has 39 heavy (non-hydrogen) atoms. The minimum absolute atomic E-state index is 0.0448. The molecule has 0 aromatic heterocycles. The van der Waals surface area contributed by atoms with Gasteiger partial charge in [-0.2, -0.15) is 0 Å². The molecule has 1 aromatic rings. The Kier molecular flexibility index (Phi) is 7.89. The first-order valence-electron chi connectivity index (χ1n) is 14.9. The second-order valence-electron chi connectivity index (χ2n) is 13.1. The van der Waals surface area contributed by atoms with E-state index in [0.29, 0.717) is 29.5 Å². The Morgan fingerprint density at radius 2 is 1.72 bits per heavy atom. The topological polar surface area (TPSA) is 110 Å². The van der Waals surface area contributed by atoms with Crippen LogP contribution >= 0.6 is 0 Å². The van der Waals surface area contributed by atoms with Crippen LogP contribution in [0.4, 0.5) is 0 Å². The molecule has 8 atom stereocenters. The smallest absolute Gasteiger partial charge is 0.326 e. The molecule has 1 aromatic carbocycles. The van der Waals surface area contributed by atoms with E-state index in [1.807, 2.05) is 30.3 Å². The summed E-state index contributed by atoms with van der Waals surface area (Å²) < 4.78 is 6.03. The van der Waals surface area contributed by atoms with E-state index in [0.717, 1.165) is 56.9 Å². The number of hydrogen-bond acceptors (Lipinski definition) is 5. The monoisotopic (exact) mass is 537 g/mol. The third kappa shape index (κ3) is 5.51. The highest BCUT2D eigenvalue weighted by atomic mass is 16.5. The van der Waals surface area contributed by atoms with Crippen molar-refractivity contribution in [2.24, 2.45) is 34.5 Å². The van der Waals surface area contributed by atoms with Crippen molar-refractivity contribution in [1.82, 2.24) is 5.32 Å². The molecule has 7 nitrogen and oxygen atoms in total. The number of carboxylic acids is 1. The molecule has 5 rings (SSSR count). The van der Waals surface area contributed by atoms with Gasteiger partial charge in [0.2, 0.25) is 5.91 Å². The average Bonchev–Trinajstić information content (AvgIpc) is 3.24. The first kappa shape index (κ1) is 27.9. The summed E-state index contributed by atoms with van der Waals surface area (Å²) in [6.07, 6.45) is 8.82. The van der Waals surface area contributed by atoms with Crippen molar-refractivity contribution in [2.75, 3.05) is 0 Å².